The fraction of sp³-hybridized carbons (Fsp3) is 0.533. The monoisotopic (exact) mass is 261 g/mol. The Morgan fingerprint density at radius 3 is 3.00 bits per heavy atom. The van der Waals surface area contributed by atoms with Gasteiger partial charge in [-0.15, -0.1) is 0 Å². The molecule has 0 aromatic heterocycles. The average molecular weight is 261 g/mol. The zero-order chi connectivity index (χ0) is 13.2. The molecule has 4 nitrogen and oxygen atoms in total. The molecule has 4 heteroatoms. The molecule has 0 saturated carbocycles. The molecule has 2 heterocycles. The van der Waals surface area contributed by atoms with Crippen LogP contribution in [0.1, 0.15) is 18.9 Å². The van der Waals surface area contributed by atoms with Gasteiger partial charge in [-0.05, 0) is 12.0 Å². The van der Waals surface area contributed by atoms with E-state index in [2.05, 4.69) is 6.92 Å². The maximum absolute atomic E-state index is 12.2. The fourth-order valence-electron chi connectivity index (χ4n) is 3.04. The molecule has 2 saturated heterocycles. The molecule has 19 heavy (non-hydrogen) atoms. The van der Waals surface area contributed by atoms with Crippen LogP contribution in [0, 0.1) is 5.92 Å². The lowest BCUT2D eigenvalue weighted by Gasteiger charge is -2.21. The lowest BCUT2D eigenvalue weighted by atomic mass is 10.0. The van der Waals surface area contributed by atoms with Crippen LogP contribution < -0.4 is 0 Å². The number of nitrogens with zero attached hydrogens (tertiary/aromatic N) is 1. The van der Waals surface area contributed by atoms with E-state index < -0.39 is 0 Å². The van der Waals surface area contributed by atoms with Gasteiger partial charge in [0.05, 0.1) is 12.1 Å². The third-order valence-corrected chi connectivity index (χ3v) is 3.99. The molecular weight excluding hydrogens is 242 g/mol. The normalized spacial score (nSPS) is 29.3. The molecule has 2 unspecified atom stereocenters. The summed E-state index contributed by atoms with van der Waals surface area (Å²) >= 11 is 0. The molecule has 102 valence electrons. The van der Waals surface area contributed by atoms with E-state index in [0.29, 0.717) is 12.5 Å². The molecule has 1 amide bonds. The first-order valence-electron chi connectivity index (χ1n) is 6.84. The minimum Gasteiger partial charge on any atom is -0.445 e. The average Bonchev–Trinajstić information content (AvgIpc) is 3.02. The molecule has 2 fully saturated rings. The highest BCUT2D eigenvalue weighted by molar-refractivity contribution is 5.68. The molecule has 0 bridgehead atoms. The molecule has 0 spiro atoms. The summed E-state index contributed by atoms with van der Waals surface area (Å²) in [4.78, 5) is 14.0. The lowest BCUT2D eigenvalue weighted by molar-refractivity contribution is 0.0742. The molecule has 2 aliphatic rings. The molecule has 2 aliphatic heterocycles. The minimum atomic E-state index is -0.214. The van der Waals surface area contributed by atoms with Crippen LogP contribution in [-0.4, -0.2) is 36.3 Å². The third-order valence-electron chi connectivity index (χ3n) is 3.99. The number of carbonyl (C=O) groups is 1. The lowest BCUT2D eigenvalue weighted by Crippen LogP contribution is -2.37. The summed E-state index contributed by atoms with van der Waals surface area (Å²) in [5.74, 6) is 0.400. The third kappa shape index (κ3) is 2.45. The Kier molecular flexibility index (Phi) is 3.42. The number of carbonyl (C=O) groups excluding carboxylic acids is 1. The van der Waals surface area contributed by atoms with Crippen molar-refractivity contribution < 1.29 is 14.3 Å². The zero-order valence-corrected chi connectivity index (χ0v) is 11.1. The van der Waals surface area contributed by atoms with Crippen LogP contribution in [0.2, 0.25) is 0 Å². The number of fused-ring (bicyclic) bond motifs is 1. The minimum absolute atomic E-state index is 0.198. The largest absolute Gasteiger partial charge is 0.445 e. The zero-order valence-electron chi connectivity index (χ0n) is 11.1. The Morgan fingerprint density at radius 2 is 2.21 bits per heavy atom. The van der Waals surface area contributed by atoms with Crippen molar-refractivity contribution in [3.8, 4) is 0 Å². The van der Waals surface area contributed by atoms with Gasteiger partial charge in [0.2, 0.25) is 0 Å². The van der Waals surface area contributed by atoms with Gasteiger partial charge in [-0.25, -0.2) is 4.79 Å². The van der Waals surface area contributed by atoms with E-state index in [9.17, 15) is 4.79 Å². The highest BCUT2D eigenvalue weighted by Gasteiger charge is 2.46. The number of ether oxygens (including phenoxy) is 2. The maximum atomic E-state index is 12.2. The molecule has 3 atom stereocenters. The highest BCUT2D eigenvalue weighted by Crippen LogP contribution is 2.33. The van der Waals surface area contributed by atoms with E-state index in [4.69, 9.17) is 9.47 Å². The van der Waals surface area contributed by atoms with Crippen molar-refractivity contribution in [2.45, 2.75) is 32.1 Å². The smallest absolute Gasteiger partial charge is 0.410 e. The first kappa shape index (κ1) is 12.5. The Morgan fingerprint density at radius 1 is 1.42 bits per heavy atom. The predicted octanol–water partition coefficient (Wildman–Crippen LogP) is 2.43. The van der Waals surface area contributed by atoms with Crippen LogP contribution in [0.25, 0.3) is 0 Å². The topological polar surface area (TPSA) is 38.8 Å². The maximum Gasteiger partial charge on any atom is 0.410 e. The highest BCUT2D eigenvalue weighted by atomic mass is 16.6. The van der Waals surface area contributed by atoms with Crippen molar-refractivity contribution in [2.24, 2.45) is 5.92 Å². The Balaban J connectivity index is 1.59. The van der Waals surface area contributed by atoms with Crippen LogP contribution >= 0.6 is 0 Å². The second-order valence-electron chi connectivity index (χ2n) is 5.36. The van der Waals surface area contributed by atoms with E-state index in [1.807, 2.05) is 35.2 Å². The number of amides is 1. The summed E-state index contributed by atoms with van der Waals surface area (Å²) in [6.45, 7) is 3.96. The Hall–Kier alpha value is -1.55. The van der Waals surface area contributed by atoms with Crippen LogP contribution in [0.4, 0.5) is 4.79 Å². The van der Waals surface area contributed by atoms with Gasteiger partial charge in [-0.3, -0.25) is 0 Å². The standard InChI is InChI=1S/C15H19NO3/c1-11-9-16(13-7-8-18-14(11)13)15(17)19-10-12-5-3-2-4-6-12/h2-6,11,13-14H,7-10H2,1H3/t11-,13?,14?/m1/s1. The van der Waals surface area contributed by atoms with Crippen LogP contribution in [0.15, 0.2) is 30.3 Å². The van der Waals surface area contributed by atoms with E-state index in [-0.39, 0.29) is 18.2 Å². The van der Waals surface area contributed by atoms with Crippen molar-refractivity contribution in [2.75, 3.05) is 13.2 Å². The molecule has 0 N–H and O–H groups in total. The number of hydrogen-bond acceptors (Lipinski definition) is 3. The first-order chi connectivity index (χ1) is 9.25. The van der Waals surface area contributed by atoms with Crippen LogP contribution in [0.5, 0.6) is 0 Å². The summed E-state index contributed by atoms with van der Waals surface area (Å²) in [5.41, 5.74) is 1.02. The molecule has 1 aromatic carbocycles. The van der Waals surface area contributed by atoms with Gasteiger partial charge in [-0.2, -0.15) is 0 Å². The van der Waals surface area contributed by atoms with Crippen molar-refractivity contribution in [3.05, 3.63) is 35.9 Å². The summed E-state index contributed by atoms with van der Waals surface area (Å²) in [6, 6.07) is 9.97. The van der Waals surface area contributed by atoms with Gasteiger partial charge >= 0.3 is 6.09 Å². The Bertz CT molecular complexity index is 448. The fourth-order valence-corrected chi connectivity index (χ4v) is 3.04. The molecule has 0 aliphatic carbocycles. The van der Waals surface area contributed by atoms with E-state index in [1.54, 1.807) is 0 Å². The summed E-state index contributed by atoms with van der Waals surface area (Å²) in [6.07, 6.45) is 0.910. The van der Waals surface area contributed by atoms with E-state index in [1.165, 1.54) is 0 Å². The van der Waals surface area contributed by atoms with Crippen LogP contribution in [-0.2, 0) is 16.1 Å². The van der Waals surface area contributed by atoms with Crippen molar-refractivity contribution in [1.82, 2.24) is 4.90 Å². The van der Waals surface area contributed by atoms with Crippen molar-refractivity contribution >= 4 is 6.09 Å². The van der Waals surface area contributed by atoms with Crippen LogP contribution in [0.3, 0.4) is 0 Å². The molecular formula is C15H19NO3. The molecule has 1 aromatic rings. The van der Waals surface area contributed by atoms with Gasteiger partial charge in [0.25, 0.3) is 0 Å². The summed E-state index contributed by atoms with van der Waals surface area (Å²) in [5, 5.41) is 0. The van der Waals surface area contributed by atoms with Gasteiger partial charge in [-0.1, -0.05) is 37.3 Å². The summed E-state index contributed by atoms with van der Waals surface area (Å²) < 4.78 is 11.1. The van der Waals surface area contributed by atoms with Crippen molar-refractivity contribution in [3.63, 3.8) is 0 Å². The number of benzene rings is 1. The number of hydrogen-bond donors (Lipinski definition) is 0. The van der Waals surface area contributed by atoms with E-state index >= 15 is 0 Å². The second-order valence-corrected chi connectivity index (χ2v) is 5.36. The molecule has 3 rings (SSSR count). The number of rotatable bonds is 2. The predicted molar refractivity (Wildman–Crippen MR) is 70.6 cm³/mol. The van der Waals surface area contributed by atoms with Gasteiger partial charge in [0.1, 0.15) is 6.61 Å². The van der Waals surface area contributed by atoms with Gasteiger partial charge in [0.15, 0.2) is 0 Å². The quantitative estimate of drug-likeness (QED) is 0.820. The van der Waals surface area contributed by atoms with Gasteiger partial charge < -0.3 is 14.4 Å². The molecule has 0 radical (unpaired) electrons. The number of likely N-dealkylation sites (tertiary alicyclic amines) is 1. The Labute approximate surface area is 113 Å². The van der Waals surface area contributed by atoms with Gasteiger partial charge in [0, 0.05) is 19.1 Å². The second kappa shape index (κ2) is 5.21. The SMILES string of the molecule is C[C@@H]1CN(C(=O)OCc2ccccc2)C2CCOC21. The summed E-state index contributed by atoms with van der Waals surface area (Å²) in [7, 11) is 0. The van der Waals surface area contributed by atoms with Crippen molar-refractivity contribution in [1.29, 1.82) is 0 Å². The first-order valence-corrected chi connectivity index (χ1v) is 6.84. The van der Waals surface area contributed by atoms with E-state index in [0.717, 1.165) is 25.1 Å².